The van der Waals surface area contributed by atoms with E-state index in [-0.39, 0.29) is 18.3 Å². The van der Waals surface area contributed by atoms with Gasteiger partial charge >= 0.3 is 0 Å². The quantitative estimate of drug-likeness (QED) is 0.793. The fourth-order valence-electron chi connectivity index (χ4n) is 2.01. The van der Waals surface area contributed by atoms with Crippen LogP contribution in [-0.2, 0) is 0 Å². The summed E-state index contributed by atoms with van der Waals surface area (Å²) in [4.78, 5) is 11.1. The van der Waals surface area contributed by atoms with Crippen LogP contribution in [0.25, 0.3) is 0 Å². The maximum atomic E-state index is 11.1. The summed E-state index contributed by atoms with van der Waals surface area (Å²) in [5, 5.41) is 3.30. The minimum absolute atomic E-state index is 0. The van der Waals surface area contributed by atoms with Crippen molar-refractivity contribution in [2.45, 2.75) is 18.9 Å². The summed E-state index contributed by atoms with van der Waals surface area (Å²) >= 11 is 0. The molecule has 15 heavy (non-hydrogen) atoms. The van der Waals surface area contributed by atoms with Crippen LogP contribution in [-0.4, -0.2) is 23.6 Å². The summed E-state index contributed by atoms with van der Waals surface area (Å²) in [6.45, 7) is 2.03. The van der Waals surface area contributed by atoms with Crippen molar-refractivity contribution in [2.75, 3.05) is 13.1 Å². The van der Waals surface area contributed by atoms with Gasteiger partial charge in [0.2, 0.25) is 0 Å². The van der Waals surface area contributed by atoms with E-state index < -0.39 is 0 Å². The van der Waals surface area contributed by atoms with Crippen LogP contribution in [0, 0.1) is 0 Å². The number of halogens is 1. The molecule has 1 aliphatic heterocycles. The number of aromatic nitrogens is 1. The van der Waals surface area contributed by atoms with E-state index in [0.717, 1.165) is 25.9 Å². The molecule has 1 aromatic heterocycles. The Morgan fingerprint density at radius 2 is 2.13 bits per heavy atom. The van der Waals surface area contributed by atoms with Gasteiger partial charge in [0.05, 0.1) is 0 Å². The normalized spacial score (nSPS) is 17.1. The summed E-state index contributed by atoms with van der Waals surface area (Å²) in [6.07, 6.45) is 4.07. The number of hydrogen-bond acceptors (Lipinski definition) is 2. The van der Waals surface area contributed by atoms with Crippen LogP contribution in [0.3, 0.4) is 0 Å². The number of primary amides is 1. The monoisotopic (exact) mass is 229 g/mol. The third-order valence-electron chi connectivity index (χ3n) is 2.73. The topological polar surface area (TPSA) is 60.1 Å². The molecule has 0 aromatic carbocycles. The highest BCUT2D eigenvalue weighted by atomic mass is 35.5. The predicted octanol–water partition coefficient (Wildman–Crippen LogP) is 0.933. The SMILES string of the molecule is Cl.NC(=O)c1cccn1C1CCNCC1. The molecule has 3 N–H and O–H groups in total. The number of nitrogens with two attached hydrogens (primary N) is 1. The lowest BCUT2D eigenvalue weighted by Crippen LogP contribution is -2.31. The van der Waals surface area contributed by atoms with Gasteiger partial charge in [-0.2, -0.15) is 0 Å². The zero-order valence-electron chi connectivity index (χ0n) is 8.48. The van der Waals surface area contributed by atoms with E-state index in [1.807, 2.05) is 16.8 Å². The molecule has 0 aliphatic carbocycles. The maximum absolute atomic E-state index is 11.1. The van der Waals surface area contributed by atoms with E-state index in [9.17, 15) is 4.79 Å². The second-order valence-corrected chi connectivity index (χ2v) is 3.65. The Balaban J connectivity index is 0.00000112. The molecule has 0 bridgehead atoms. The van der Waals surface area contributed by atoms with Gasteiger partial charge in [0.25, 0.3) is 5.91 Å². The highest BCUT2D eigenvalue weighted by molar-refractivity contribution is 5.91. The Morgan fingerprint density at radius 3 is 2.73 bits per heavy atom. The van der Waals surface area contributed by atoms with Crippen molar-refractivity contribution < 1.29 is 4.79 Å². The van der Waals surface area contributed by atoms with Gasteiger partial charge in [0.15, 0.2) is 0 Å². The first-order chi connectivity index (χ1) is 6.79. The molecule has 2 heterocycles. The van der Waals surface area contributed by atoms with E-state index in [2.05, 4.69) is 5.32 Å². The summed E-state index contributed by atoms with van der Waals surface area (Å²) < 4.78 is 2.00. The van der Waals surface area contributed by atoms with Crippen LogP contribution in [0.15, 0.2) is 18.3 Å². The largest absolute Gasteiger partial charge is 0.364 e. The Bertz CT molecular complexity index is 331. The minimum atomic E-state index is -0.339. The van der Waals surface area contributed by atoms with E-state index in [0.29, 0.717) is 11.7 Å². The van der Waals surface area contributed by atoms with Crippen LogP contribution in [0.5, 0.6) is 0 Å². The number of piperidine rings is 1. The van der Waals surface area contributed by atoms with Crippen LogP contribution < -0.4 is 11.1 Å². The molecule has 0 unspecified atom stereocenters. The summed E-state index contributed by atoms with van der Waals surface area (Å²) in [7, 11) is 0. The highest BCUT2D eigenvalue weighted by Gasteiger charge is 2.18. The number of amides is 1. The standard InChI is InChI=1S/C10H15N3O.ClH/c11-10(14)9-2-1-7-13(9)8-3-5-12-6-4-8;/h1-2,7-8,12H,3-6H2,(H2,11,14);1H. The second kappa shape index (κ2) is 5.19. The molecular weight excluding hydrogens is 214 g/mol. The van der Waals surface area contributed by atoms with Gasteiger partial charge in [-0.05, 0) is 38.1 Å². The lowest BCUT2D eigenvalue weighted by molar-refractivity contribution is 0.0988. The van der Waals surface area contributed by atoms with Gasteiger partial charge in [-0.1, -0.05) is 0 Å². The smallest absolute Gasteiger partial charge is 0.265 e. The van der Waals surface area contributed by atoms with Crippen molar-refractivity contribution in [1.82, 2.24) is 9.88 Å². The fourth-order valence-corrected chi connectivity index (χ4v) is 2.01. The molecule has 1 fully saturated rings. The Kier molecular flexibility index (Phi) is 4.17. The van der Waals surface area contributed by atoms with Gasteiger partial charge in [-0.3, -0.25) is 4.79 Å². The first-order valence-electron chi connectivity index (χ1n) is 4.96. The first kappa shape index (κ1) is 12.1. The van der Waals surface area contributed by atoms with Crippen LogP contribution >= 0.6 is 12.4 Å². The molecule has 4 nitrogen and oxygen atoms in total. The highest BCUT2D eigenvalue weighted by Crippen LogP contribution is 2.20. The van der Waals surface area contributed by atoms with Gasteiger partial charge in [-0.25, -0.2) is 0 Å². The molecule has 84 valence electrons. The van der Waals surface area contributed by atoms with Crippen LogP contribution in [0.2, 0.25) is 0 Å². The molecule has 1 aromatic rings. The number of hydrogen-bond donors (Lipinski definition) is 2. The van der Waals surface area contributed by atoms with Gasteiger partial charge in [0.1, 0.15) is 5.69 Å². The minimum Gasteiger partial charge on any atom is -0.364 e. The predicted molar refractivity (Wildman–Crippen MR) is 61.3 cm³/mol. The molecule has 2 rings (SSSR count). The molecule has 1 amide bonds. The zero-order chi connectivity index (χ0) is 9.97. The molecule has 5 heteroatoms. The van der Waals surface area contributed by atoms with Crippen molar-refractivity contribution in [3.63, 3.8) is 0 Å². The van der Waals surface area contributed by atoms with Gasteiger partial charge in [-0.15, -0.1) is 12.4 Å². The summed E-state index contributed by atoms with van der Waals surface area (Å²) in [5.41, 5.74) is 5.91. The molecule has 0 saturated carbocycles. The number of carbonyl (C=O) groups is 1. The average molecular weight is 230 g/mol. The average Bonchev–Trinajstić information content (AvgIpc) is 2.67. The van der Waals surface area contributed by atoms with Gasteiger partial charge in [0, 0.05) is 12.2 Å². The Hall–Kier alpha value is -1.00. The van der Waals surface area contributed by atoms with Crippen molar-refractivity contribution in [1.29, 1.82) is 0 Å². The number of carbonyl (C=O) groups excluding carboxylic acids is 1. The molecule has 0 atom stereocenters. The molecule has 0 spiro atoms. The van der Waals surface area contributed by atoms with Crippen molar-refractivity contribution >= 4 is 18.3 Å². The molecule has 1 saturated heterocycles. The lowest BCUT2D eigenvalue weighted by Gasteiger charge is -2.25. The van der Waals surface area contributed by atoms with Crippen molar-refractivity contribution in [3.8, 4) is 0 Å². The zero-order valence-corrected chi connectivity index (χ0v) is 9.30. The fraction of sp³-hybridized carbons (Fsp3) is 0.500. The summed E-state index contributed by atoms with van der Waals surface area (Å²) in [6, 6.07) is 4.08. The van der Waals surface area contributed by atoms with Crippen molar-refractivity contribution in [2.24, 2.45) is 5.73 Å². The molecule has 0 radical (unpaired) electrons. The first-order valence-corrected chi connectivity index (χ1v) is 4.96. The van der Waals surface area contributed by atoms with Gasteiger partial charge < -0.3 is 15.6 Å². The van der Waals surface area contributed by atoms with E-state index >= 15 is 0 Å². The number of nitrogens with one attached hydrogen (secondary N) is 1. The lowest BCUT2D eigenvalue weighted by atomic mass is 10.1. The van der Waals surface area contributed by atoms with E-state index in [1.165, 1.54) is 0 Å². The summed E-state index contributed by atoms with van der Waals surface area (Å²) in [5.74, 6) is -0.339. The Morgan fingerprint density at radius 1 is 1.47 bits per heavy atom. The van der Waals surface area contributed by atoms with Crippen molar-refractivity contribution in [3.05, 3.63) is 24.0 Å². The van der Waals surface area contributed by atoms with Crippen LogP contribution in [0.1, 0.15) is 29.4 Å². The second-order valence-electron chi connectivity index (χ2n) is 3.65. The van der Waals surface area contributed by atoms with Crippen LogP contribution in [0.4, 0.5) is 0 Å². The number of rotatable bonds is 2. The third kappa shape index (κ3) is 2.52. The van der Waals surface area contributed by atoms with E-state index in [4.69, 9.17) is 5.73 Å². The maximum Gasteiger partial charge on any atom is 0.265 e. The molecule has 1 aliphatic rings. The third-order valence-corrected chi connectivity index (χ3v) is 2.73. The van der Waals surface area contributed by atoms with E-state index in [1.54, 1.807) is 6.07 Å². The Labute approximate surface area is 95.2 Å². The molecular formula is C10H16ClN3O. The number of nitrogens with zero attached hydrogens (tertiary/aromatic N) is 1.